The molecule has 0 spiro atoms. The molecule has 2 heterocycles. The van der Waals surface area contributed by atoms with E-state index in [2.05, 4.69) is 10.1 Å². The largest absolute Gasteiger partial charge is 0.461 e. The zero-order valence-electron chi connectivity index (χ0n) is 9.71. The van der Waals surface area contributed by atoms with E-state index < -0.39 is 0 Å². The van der Waals surface area contributed by atoms with Crippen LogP contribution < -0.4 is 0 Å². The maximum absolute atomic E-state index is 11.5. The Kier molecular flexibility index (Phi) is 3.53. The molecule has 2 aromatic heterocycles. The number of thiazole rings is 1. The Morgan fingerprint density at radius 1 is 1.53 bits per heavy atom. The van der Waals surface area contributed by atoms with E-state index in [1.807, 2.05) is 17.8 Å². The molecule has 0 aliphatic heterocycles. The SMILES string of the molecule is CCOC(=O)c1csc(-c2cnn(CC)c2)n1. The smallest absolute Gasteiger partial charge is 0.357 e. The molecule has 0 bridgehead atoms. The molecule has 90 valence electrons. The summed E-state index contributed by atoms with van der Waals surface area (Å²) in [5.41, 5.74) is 1.28. The number of nitrogens with zero attached hydrogens (tertiary/aromatic N) is 3. The van der Waals surface area contributed by atoms with Crippen molar-refractivity contribution in [1.82, 2.24) is 14.8 Å². The van der Waals surface area contributed by atoms with Crippen molar-refractivity contribution < 1.29 is 9.53 Å². The van der Waals surface area contributed by atoms with Crippen molar-refractivity contribution >= 4 is 17.3 Å². The van der Waals surface area contributed by atoms with Gasteiger partial charge >= 0.3 is 5.97 Å². The summed E-state index contributed by atoms with van der Waals surface area (Å²) in [7, 11) is 0. The van der Waals surface area contributed by atoms with Gasteiger partial charge in [0.05, 0.1) is 12.8 Å². The third-order valence-electron chi connectivity index (χ3n) is 2.19. The second-order valence-electron chi connectivity index (χ2n) is 3.34. The number of ether oxygens (including phenoxy) is 1. The first-order valence-corrected chi connectivity index (χ1v) is 6.28. The molecule has 2 rings (SSSR count). The first-order valence-electron chi connectivity index (χ1n) is 5.40. The van der Waals surface area contributed by atoms with Gasteiger partial charge in [0.25, 0.3) is 0 Å². The molecule has 0 unspecified atom stereocenters. The summed E-state index contributed by atoms with van der Waals surface area (Å²) in [6, 6.07) is 0. The van der Waals surface area contributed by atoms with Crippen LogP contribution in [0.1, 0.15) is 24.3 Å². The number of esters is 1. The predicted molar refractivity (Wildman–Crippen MR) is 65.0 cm³/mol. The molecule has 0 saturated heterocycles. The number of carbonyl (C=O) groups excluding carboxylic acids is 1. The van der Waals surface area contributed by atoms with Gasteiger partial charge in [0.1, 0.15) is 5.01 Å². The van der Waals surface area contributed by atoms with Crippen LogP contribution in [0.2, 0.25) is 0 Å². The summed E-state index contributed by atoms with van der Waals surface area (Å²) in [6.45, 7) is 4.97. The Morgan fingerprint density at radius 3 is 3.00 bits per heavy atom. The average molecular weight is 251 g/mol. The Bertz CT molecular complexity index is 518. The van der Waals surface area contributed by atoms with Crippen LogP contribution in [0, 0.1) is 0 Å². The lowest BCUT2D eigenvalue weighted by molar-refractivity contribution is 0.0520. The molecule has 0 aliphatic carbocycles. The van der Waals surface area contributed by atoms with Gasteiger partial charge in [-0.2, -0.15) is 5.10 Å². The molecule has 0 fully saturated rings. The number of hydrogen-bond donors (Lipinski definition) is 0. The Hall–Kier alpha value is -1.69. The predicted octanol–water partition coefficient (Wildman–Crippen LogP) is 2.20. The van der Waals surface area contributed by atoms with Gasteiger partial charge in [-0.15, -0.1) is 11.3 Å². The topological polar surface area (TPSA) is 57.0 Å². The molecule has 0 atom stereocenters. The molecule has 0 aromatic carbocycles. The standard InChI is InChI=1S/C11H13N3O2S/c1-3-14-6-8(5-12-14)10-13-9(7-17-10)11(15)16-4-2/h5-7H,3-4H2,1-2H3. The first-order chi connectivity index (χ1) is 8.24. The van der Waals surface area contributed by atoms with Crippen LogP contribution >= 0.6 is 11.3 Å². The summed E-state index contributed by atoms with van der Waals surface area (Å²) >= 11 is 1.42. The lowest BCUT2D eigenvalue weighted by Crippen LogP contribution is -2.04. The maximum atomic E-state index is 11.5. The fourth-order valence-corrected chi connectivity index (χ4v) is 2.12. The van der Waals surface area contributed by atoms with E-state index in [9.17, 15) is 4.79 Å². The van der Waals surface area contributed by atoms with Gasteiger partial charge in [-0.1, -0.05) is 0 Å². The average Bonchev–Trinajstić information content (AvgIpc) is 2.98. The second kappa shape index (κ2) is 5.09. The highest BCUT2D eigenvalue weighted by molar-refractivity contribution is 7.13. The van der Waals surface area contributed by atoms with Crippen LogP contribution in [0.3, 0.4) is 0 Å². The third-order valence-corrected chi connectivity index (χ3v) is 3.08. The maximum Gasteiger partial charge on any atom is 0.357 e. The zero-order valence-corrected chi connectivity index (χ0v) is 10.5. The number of hydrogen-bond acceptors (Lipinski definition) is 5. The molecule has 0 saturated carbocycles. The van der Waals surface area contributed by atoms with Gasteiger partial charge in [0.2, 0.25) is 0 Å². The number of rotatable bonds is 4. The van der Waals surface area contributed by atoms with Crippen LogP contribution in [-0.2, 0) is 11.3 Å². The number of carbonyl (C=O) groups is 1. The van der Waals surface area contributed by atoms with Crippen LogP contribution in [-0.4, -0.2) is 27.3 Å². The molecule has 0 N–H and O–H groups in total. The highest BCUT2D eigenvalue weighted by atomic mass is 32.1. The zero-order chi connectivity index (χ0) is 12.3. The van der Waals surface area contributed by atoms with Crippen LogP contribution in [0.5, 0.6) is 0 Å². The van der Waals surface area contributed by atoms with Crippen molar-refractivity contribution in [2.24, 2.45) is 0 Å². The van der Waals surface area contributed by atoms with Crippen LogP contribution in [0.4, 0.5) is 0 Å². The second-order valence-corrected chi connectivity index (χ2v) is 4.20. The van der Waals surface area contributed by atoms with E-state index in [4.69, 9.17) is 4.74 Å². The van der Waals surface area contributed by atoms with E-state index in [0.29, 0.717) is 12.3 Å². The van der Waals surface area contributed by atoms with E-state index in [1.54, 1.807) is 18.5 Å². The van der Waals surface area contributed by atoms with Crippen LogP contribution in [0.25, 0.3) is 10.6 Å². The van der Waals surface area contributed by atoms with Gasteiger partial charge < -0.3 is 4.74 Å². The quantitative estimate of drug-likeness (QED) is 0.782. The summed E-state index contributed by atoms with van der Waals surface area (Å²) < 4.78 is 6.71. The van der Waals surface area contributed by atoms with Gasteiger partial charge in [0, 0.05) is 23.7 Å². The molecule has 2 aromatic rings. The molecule has 0 aliphatic rings. The molecule has 0 amide bonds. The van der Waals surface area contributed by atoms with Crippen molar-refractivity contribution in [3.8, 4) is 10.6 Å². The molecule has 6 heteroatoms. The monoisotopic (exact) mass is 251 g/mol. The fourth-order valence-electron chi connectivity index (χ4n) is 1.35. The van der Waals surface area contributed by atoms with Gasteiger partial charge in [-0.25, -0.2) is 9.78 Å². The summed E-state index contributed by atoms with van der Waals surface area (Å²) in [6.07, 6.45) is 3.66. The lowest BCUT2D eigenvalue weighted by Gasteiger charge is -1.95. The highest BCUT2D eigenvalue weighted by Gasteiger charge is 2.13. The Labute approximate surface area is 103 Å². The Balaban J connectivity index is 2.20. The molecule has 0 radical (unpaired) electrons. The third kappa shape index (κ3) is 2.52. The molecule has 17 heavy (non-hydrogen) atoms. The Morgan fingerprint density at radius 2 is 2.35 bits per heavy atom. The van der Waals surface area contributed by atoms with E-state index >= 15 is 0 Å². The molecular weight excluding hydrogens is 238 g/mol. The van der Waals surface area contributed by atoms with Gasteiger partial charge in [-0.3, -0.25) is 4.68 Å². The summed E-state index contributed by atoms with van der Waals surface area (Å²) in [4.78, 5) is 15.7. The lowest BCUT2D eigenvalue weighted by atomic mass is 10.4. The molecular formula is C11H13N3O2S. The van der Waals surface area contributed by atoms with Gasteiger partial charge in [-0.05, 0) is 13.8 Å². The van der Waals surface area contributed by atoms with E-state index in [-0.39, 0.29) is 5.97 Å². The van der Waals surface area contributed by atoms with E-state index in [1.165, 1.54) is 11.3 Å². The normalized spacial score (nSPS) is 10.5. The van der Waals surface area contributed by atoms with Crippen molar-refractivity contribution in [3.63, 3.8) is 0 Å². The highest BCUT2D eigenvalue weighted by Crippen LogP contribution is 2.23. The minimum absolute atomic E-state index is 0.357. The number of aromatic nitrogens is 3. The van der Waals surface area contributed by atoms with Crippen molar-refractivity contribution in [1.29, 1.82) is 0 Å². The van der Waals surface area contributed by atoms with Crippen molar-refractivity contribution in [2.45, 2.75) is 20.4 Å². The first kappa shape index (κ1) is 11.8. The summed E-state index contributed by atoms with van der Waals surface area (Å²) in [5, 5.41) is 6.66. The summed E-state index contributed by atoms with van der Waals surface area (Å²) in [5.74, 6) is -0.377. The van der Waals surface area contributed by atoms with Crippen LogP contribution in [0.15, 0.2) is 17.8 Å². The minimum Gasteiger partial charge on any atom is -0.461 e. The van der Waals surface area contributed by atoms with Gasteiger partial charge in [0.15, 0.2) is 5.69 Å². The van der Waals surface area contributed by atoms with Crippen molar-refractivity contribution in [2.75, 3.05) is 6.61 Å². The fraction of sp³-hybridized carbons (Fsp3) is 0.364. The van der Waals surface area contributed by atoms with Crippen molar-refractivity contribution in [3.05, 3.63) is 23.5 Å². The molecule has 5 nitrogen and oxygen atoms in total. The number of aryl methyl sites for hydroxylation is 1. The minimum atomic E-state index is -0.377. The van der Waals surface area contributed by atoms with E-state index in [0.717, 1.165) is 17.1 Å².